The van der Waals surface area contributed by atoms with Gasteiger partial charge in [0.25, 0.3) is 0 Å². The van der Waals surface area contributed by atoms with Gasteiger partial charge in [0.1, 0.15) is 11.9 Å². The molecule has 0 aliphatic heterocycles. The van der Waals surface area contributed by atoms with Crippen LogP contribution < -0.4 is 5.73 Å². The van der Waals surface area contributed by atoms with Crippen molar-refractivity contribution in [1.29, 1.82) is 0 Å². The Kier molecular flexibility index (Phi) is 2.64. The van der Waals surface area contributed by atoms with Gasteiger partial charge in [0.2, 0.25) is 5.95 Å². The normalized spacial score (nSPS) is 12.7. The fourth-order valence-electron chi connectivity index (χ4n) is 1.98. The first-order chi connectivity index (χ1) is 9.15. The minimum Gasteiger partial charge on any atom is -0.384 e. The van der Waals surface area contributed by atoms with Crippen molar-refractivity contribution in [3.63, 3.8) is 0 Å². The molecule has 2 aromatic heterocycles. The first-order valence-electron chi connectivity index (χ1n) is 5.69. The second-order valence-electron chi connectivity index (χ2n) is 4.16. The Hall–Kier alpha value is -2.47. The molecule has 96 valence electrons. The van der Waals surface area contributed by atoms with Crippen LogP contribution in [0.1, 0.15) is 17.2 Å². The summed E-state index contributed by atoms with van der Waals surface area (Å²) in [6, 6.07) is 9.14. The maximum absolute atomic E-state index is 12.9. The van der Waals surface area contributed by atoms with Gasteiger partial charge in [-0.3, -0.25) is 0 Å². The highest BCUT2D eigenvalue weighted by atomic mass is 19.1. The minimum absolute atomic E-state index is 0.138. The zero-order chi connectivity index (χ0) is 13.4. The molecule has 2 heterocycles. The van der Waals surface area contributed by atoms with E-state index in [0.29, 0.717) is 16.8 Å². The molecule has 19 heavy (non-hydrogen) atoms. The van der Waals surface area contributed by atoms with Gasteiger partial charge in [-0.05, 0) is 23.8 Å². The van der Waals surface area contributed by atoms with Crippen LogP contribution in [-0.2, 0) is 0 Å². The highest BCUT2D eigenvalue weighted by Gasteiger charge is 2.16. The Morgan fingerprint density at radius 2 is 1.95 bits per heavy atom. The maximum Gasteiger partial charge on any atom is 0.240 e. The third-order valence-corrected chi connectivity index (χ3v) is 2.89. The van der Waals surface area contributed by atoms with Crippen molar-refractivity contribution in [3.05, 3.63) is 59.5 Å². The molecule has 1 atom stereocenters. The third kappa shape index (κ3) is 2.02. The van der Waals surface area contributed by atoms with E-state index in [-0.39, 0.29) is 11.8 Å². The van der Waals surface area contributed by atoms with E-state index in [1.54, 1.807) is 18.3 Å². The Labute approximate surface area is 108 Å². The van der Waals surface area contributed by atoms with E-state index in [2.05, 4.69) is 10.1 Å². The Bertz CT molecular complexity index is 723. The fourth-order valence-corrected chi connectivity index (χ4v) is 1.98. The monoisotopic (exact) mass is 258 g/mol. The molecule has 0 aliphatic rings. The minimum atomic E-state index is -0.909. The lowest BCUT2D eigenvalue weighted by Gasteiger charge is -2.11. The smallest absolute Gasteiger partial charge is 0.240 e. The molecule has 3 N–H and O–H groups in total. The Morgan fingerprint density at radius 1 is 1.21 bits per heavy atom. The number of aliphatic hydroxyl groups excluding tert-OH is 1. The predicted octanol–water partition coefficient (Wildman–Crippen LogP) is 1.53. The first kappa shape index (κ1) is 11.6. The predicted molar refractivity (Wildman–Crippen MR) is 67.9 cm³/mol. The zero-order valence-electron chi connectivity index (χ0n) is 9.86. The second-order valence-corrected chi connectivity index (χ2v) is 4.16. The Morgan fingerprint density at radius 3 is 2.68 bits per heavy atom. The third-order valence-electron chi connectivity index (χ3n) is 2.89. The molecular formula is C13H11FN4O. The maximum atomic E-state index is 12.9. The van der Waals surface area contributed by atoms with Gasteiger partial charge in [-0.25, -0.2) is 8.91 Å². The van der Waals surface area contributed by atoms with Crippen molar-refractivity contribution < 1.29 is 9.50 Å². The van der Waals surface area contributed by atoms with Gasteiger partial charge in [0.15, 0.2) is 5.65 Å². The van der Waals surface area contributed by atoms with Gasteiger partial charge in [0.05, 0.1) is 0 Å². The number of nitrogens with two attached hydrogens (primary N) is 1. The molecule has 0 amide bonds. The van der Waals surface area contributed by atoms with Crippen molar-refractivity contribution in [2.45, 2.75) is 6.10 Å². The molecule has 0 saturated heterocycles. The number of hydrogen-bond acceptors (Lipinski definition) is 4. The summed E-state index contributed by atoms with van der Waals surface area (Å²) in [5.74, 6) is -0.209. The van der Waals surface area contributed by atoms with Crippen LogP contribution in [0, 0.1) is 5.82 Å². The summed E-state index contributed by atoms with van der Waals surface area (Å²) in [5.41, 5.74) is 7.17. The molecule has 5 nitrogen and oxygen atoms in total. The number of nitrogens with zero attached hydrogens (tertiary/aromatic N) is 3. The molecule has 3 rings (SSSR count). The number of anilines is 1. The van der Waals surface area contributed by atoms with Crippen molar-refractivity contribution in [2.75, 3.05) is 5.73 Å². The average molecular weight is 258 g/mol. The van der Waals surface area contributed by atoms with Gasteiger partial charge in [0, 0.05) is 11.8 Å². The van der Waals surface area contributed by atoms with Crippen LogP contribution in [0.15, 0.2) is 42.6 Å². The number of nitrogen functional groups attached to an aromatic ring is 1. The van der Waals surface area contributed by atoms with Gasteiger partial charge in [-0.1, -0.05) is 18.2 Å². The number of fused-ring (bicyclic) bond motifs is 1. The lowest BCUT2D eigenvalue weighted by molar-refractivity contribution is 0.221. The summed E-state index contributed by atoms with van der Waals surface area (Å²) in [7, 11) is 0. The van der Waals surface area contributed by atoms with Crippen LogP contribution in [-0.4, -0.2) is 19.7 Å². The number of aromatic nitrogens is 3. The van der Waals surface area contributed by atoms with Gasteiger partial charge in [-0.2, -0.15) is 4.98 Å². The largest absolute Gasteiger partial charge is 0.384 e. The van der Waals surface area contributed by atoms with E-state index in [1.165, 1.54) is 28.8 Å². The van der Waals surface area contributed by atoms with E-state index >= 15 is 0 Å². The Balaban J connectivity index is 2.10. The molecule has 0 spiro atoms. The summed E-state index contributed by atoms with van der Waals surface area (Å²) >= 11 is 0. The number of rotatable bonds is 2. The lowest BCUT2D eigenvalue weighted by Crippen LogP contribution is -2.03. The molecule has 1 unspecified atom stereocenters. The first-order valence-corrected chi connectivity index (χ1v) is 5.69. The van der Waals surface area contributed by atoms with Crippen LogP contribution in [0.2, 0.25) is 0 Å². The van der Waals surface area contributed by atoms with Gasteiger partial charge >= 0.3 is 0 Å². The summed E-state index contributed by atoms with van der Waals surface area (Å²) in [4.78, 5) is 4.07. The molecule has 1 aromatic carbocycles. The molecule has 0 radical (unpaired) electrons. The molecule has 6 heteroatoms. The number of aliphatic hydroxyl groups is 1. The number of halogens is 1. The molecule has 0 aliphatic carbocycles. The molecule has 0 saturated carbocycles. The van der Waals surface area contributed by atoms with E-state index in [9.17, 15) is 9.50 Å². The standard InChI is InChI=1S/C13H11FN4O/c14-9-5-3-8(4-6-9)11(19)10-2-1-7-18-12(10)16-13(15)17-18/h1-7,11,19H,(H2,15,17). The SMILES string of the molecule is Nc1nc2c(C(O)c3ccc(F)cc3)cccn2n1. The van der Waals surface area contributed by atoms with Crippen LogP contribution in [0.4, 0.5) is 10.3 Å². The topological polar surface area (TPSA) is 76.4 Å². The molecule has 3 aromatic rings. The van der Waals surface area contributed by atoms with Crippen molar-refractivity contribution in [1.82, 2.24) is 14.6 Å². The van der Waals surface area contributed by atoms with Gasteiger partial charge in [-0.15, -0.1) is 5.10 Å². The number of hydrogen-bond donors (Lipinski definition) is 2. The summed E-state index contributed by atoms with van der Waals surface area (Å²) in [6.07, 6.45) is 0.785. The van der Waals surface area contributed by atoms with E-state index < -0.39 is 6.10 Å². The van der Waals surface area contributed by atoms with E-state index in [1.807, 2.05) is 0 Å². The van der Waals surface area contributed by atoms with Crippen molar-refractivity contribution in [3.8, 4) is 0 Å². The van der Waals surface area contributed by atoms with Crippen LogP contribution in [0.5, 0.6) is 0 Å². The summed E-state index contributed by atoms with van der Waals surface area (Å²) in [5, 5.41) is 14.3. The van der Waals surface area contributed by atoms with Crippen molar-refractivity contribution >= 4 is 11.6 Å². The zero-order valence-corrected chi connectivity index (χ0v) is 9.86. The molecular weight excluding hydrogens is 247 g/mol. The van der Waals surface area contributed by atoms with Crippen LogP contribution in [0.3, 0.4) is 0 Å². The molecule has 0 bridgehead atoms. The highest BCUT2D eigenvalue weighted by Crippen LogP contribution is 2.25. The van der Waals surface area contributed by atoms with E-state index in [4.69, 9.17) is 5.73 Å². The van der Waals surface area contributed by atoms with Crippen molar-refractivity contribution in [2.24, 2.45) is 0 Å². The number of pyridine rings is 1. The van der Waals surface area contributed by atoms with Crippen LogP contribution >= 0.6 is 0 Å². The molecule has 0 fully saturated rings. The lowest BCUT2D eigenvalue weighted by atomic mass is 10.0. The quantitative estimate of drug-likeness (QED) is 0.731. The van der Waals surface area contributed by atoms with Crippen LogP contribution in [0.25, 0.3) is 5.65 Å². The fraction of sp³-hybridized carbons (Fsp3) is 0.0769. The summed E-state index contributed by atoms with van der Waals surface area (Å²) in [6.45, 7) is 0. The average Bonchev–Trinajstić information content (AvgIpc) is 2.78. The second kappa shape index (κ2) is 4.33. The highest BCUT2D eigenvalue weighted by molar-refractivity contribution is 5.53. The van der Waals surface area contributed by atoms with E-state index in [0.717, 1.165) is 0 Å². The summed E-state index contributed by atoms with van der Waals surface area (Å²) < 4.78 is 14.4. The van der Waals surface area contributed by atoms with Gasteiger partial charge < -0.3 is 10.8 Å². The number of benzene rings is 1.